The van der Waals surface area contributed by atoms with Gasteiger partial charge in [-0.1, -0.05) is 6.07 Å². The average molecular weight is 302 g/mol. The van der Waals surface area contributed by atoms with E-state index in [1.54, 1.807) is 26.2 Å². The van der Waals surface area contributed by atoms with Crippen LogP contribution >= 0.6 is 0 Å². The molecule has 0 spiro atoms. The Bertz CT molecular complexity index is 531. The van der Waals surface area contributed by atoms with Crippen molar-refractivity contribution in [2.45, 2.75) is 30.8 Å². The van der Waals surface area contributed by atoms with Gasteiger partial charge in [-0.05, 0) is 31.0 Å². The van der Waals surface area contributed by atoms with Gasteiger partial charge in [-0.15, -0.1) is 0 Å². The van der Waals surface area contributed by atoms with Crippen molar-refractivity contribution in [2.24, 2.45) is 5.73 Å². The summed E-state index contributed by atoms with van der Waals surface area (Å²) in [5, 5.41) is 0. The second kappa shape index (κ2) is 7.58. The summed E-state index contributed by atoms with van der Waals surface area (Å²) in [4.78, 5) is 0.112. The third-order valence-corrected chi connectivity index (χ3v) is 4.49. The molecule has 20 heavy (non-hydrogen) atoms. The molecule has 0 fully saturated rings. The maximum Gasteiger partial charge on any atom is 0.244 e. The fourth-order valence-electron chi connectivity index (χ4n) is 1.74. The Morgan fingerprint density at radius 3 is 2.60 bits per heavy atom. The van der Waals surface area contributed by atoms with Crippen molar-refractivity contribution in [3.8, 4) is 5.75 Å². The van der Waals surface area contributed by atoms with Crippen molar-refractivity contribution < 1.29 is 17.9 Å². The monoisotopic (exact) mass is 302 g/mol. The van der Waals surface area contributed by atoms with Crippen LogP contribution in [0.5, 0.6) is 5.75 Å². The third kappa shape index (κ3) is 4.45. The number of hydrogen-bond donors (Lipinski definition) is 2. The van der Waals surface area contributed by atoms with Gasteiger partial charge >= 0.3 is 0 Å². The molecule has 0 aliphatic carbocycles. The van der Waals surface area contributed by atoms with E-state index in [0.717, 1.165) is 5.56 Å². The molecule has 0 saturated heterocycles. The van der Waals surface area contributed by atoms with Gasteiger partial charge < -0.3 is 15.2 Å². The van der Waals surface area contributed by atoms with Gasteiger partial charge in [0.2, 0.25) is 10.0 Å². The summed E-state index contributed by atoms with van der Waals surface area (Å²) >= 11 is 0. The Balaban J connectivity index is 2.97. The summed E-state index contributed by atoms with van der Waals surface area (Å²) < 4.78 is 37.3. The highest BCUT2D eigenvalue weighted by molar-refractivity contribution is 7.89. The fraction of sp³-hybridized carbons (Fsp3) is 0.538. The Morgan fingerprint density at radius 2 is 2.05 bits per heavy atom. The van der Waals surface area contributed by atoms with Gasteiger partial charge in [-0.3, -0.25) is 0 Å². The summed E-state index contributed by atoms with van der Waals surface area (Å²) in [6.07, 6.45) is 0.596. The van der Waals surface area contributed by atoms with E-state index in [1.165, 1.54) is 13.2 Å². The van der Waals surface area contributed by atoms with Crippen LogP contribution < -0.4 is 15.2 Å². The highest BCUT2D eigenvalue weighted by atomic mass is 32.2. The quantitative estimate of drug-likeness (QED) is 0.743. The molecule has 7 heteroatoms. The van der Waals surface area contributed by atoms with Crippen molar-refractivity contribution in [1.29, 1.82) is 0 Å². The lowest BCUT2D eigenvalue weighted by atomic mass is 10.2. The summed E-state index contributed by atoms with van der Waals surface area (Å²) in [6, 6.07) is 4.59. The first-order valence-corrected chi connectivity index (χ1v) is 7.81. The molecule has 0 aliphatic rings. The Labute approximate surface area is 120 Å². The van der Waals surface area contributed by atoms with E-state index >= 15 is 0 Å². The van der Waals surface area contributed by atoms with Crippen molar-refractivity contribution in [2.75, 3.05) is 20.8 Å². The number of nitrogens with two attached hydrogens (primary N) is 1. The summed E-state index contributed by atoms with van der Waals surface area (Å²) in [5.74, 6) is 0.291. The van der Waals surface area contributed by atoms with Crippen LogP contribution in [0.1, 0.15) is 18.9 Å². The van der Waals surface area contributed by atoms with Crippen molar-refractivity contribution >= 4 is 10.0 Å². The van der Waals surface area contributed by atoms with E-state index in [-0.39, 0.29) is 10.9 Å². The van der Waals surface area contributed by atoms with E-state index in [2.05, 4.69) is 4.72 Å². The van der Waals surface area contributed by atoms with E-state index in [9.17, 15) is 8.42 Å². The molecule has 0 bridgehead atoms. The molecule has 1 rings (SSSR count). The SMILES string of the molecule is COCCC(C)NS(=O)(=O)c1ccc(CN)cc1OC. The molecule has 1 aromatic carbocycles. The number of ether oxygens (including phenoxy) is 2. The molecule has 0 amide bonds. The summed E-state index contributed by atoms with van der Waals surface area (Å²) in [6.45, 7) is 2.61. The predicted octanol–water partition coefficient (Wildman–Crippen LogP) is 0.857. The maximum absolute atomic E-state index is 12.3. The maximum atomic E-state index is 12.3. The number of nitrogens with one attached hydrogen (secondary N) is 1. The Kier molecular flexibility index (Phi) is 6.41. The number of benzene rings is 1. The molecule has 0 heterocycles. The number of methoxy groups -OCH3 is 2. The molecule has 6 nitrogen and oxygen atoms in total. The van der Waals surface area contributed by atoms with Gasteiger partial charge in [0.05, 0.1) is 7.11 Å². The molecular formula is C13H22N2O4S. The number of sulfonamides is 1. The lowest BCUT2D eigenvalue weighted by Crippen LogP contribution is -2.33. The Hall–Kier alpha value is -1.15. The van der Waals surface area contributed by atoms with Crippen LogP contribution in [-0.4, -0.2) is 35.3 Å². The van der Waals surface area contributed by atoms with Crippen molar-refractivity contribution in [3.05, 3.63) is 23.8 Å². The summed E-state index contributed by atoms with van der Waals surface area (Å²) in [7, 11) is -0.616. The average Bonchev–Trinajstić information content (AvgIpc) is 2.43. The van der Waals surface area contributed by atoms with Gasteiger partial charge in [0.25, 0.3) is 0 Å². The molecule has 0 saturated carbocycles. The van der Waals surface area contributed by atoms with Crippen LogP contribution in [-0.2, 0) is 21.3 Å². The van der Waals surface area contributed by atoms with Gasteiger partial charge in [0.15, 0.2) is 0 Å². The highest BCUT2D eigenvalue weighted by Gasteiger charge is 2.21. The standard InChI is InChI=1S/C13H22N2O4S/c1-10(6-7-18-2)15-20(16,17)13-5-4-11(9-14)8-12(13)19-3/h4-5,8,10,15H,6-7,9,14H2,1-3H3. The fourth-order valence-corrected chi connectivity index (χ4v) is 3.17. The highest BCUT2D eigenvalue weighted by Crippen LogP contribution is 2.25. The molecule has 0 aliphatic heterocycles. The zero-order valence-electron chi connectivity index (χ0n) is 12.0. The minimum absolute atomic E-state index is 0.112. The van der Waals surface area contributed by atoms with Crippen LogP contribution in [0.3, 0.4) is 0 Å². The Morgan fingerprint density at radius 1 is 1.35 bits per heavy atom. The van der Waals surface area contributed by atoms with Crippen LogP contribution in [0.4, 0.5) is 0 Å². The van der Waals surface area contributed by atoms with Crippen LogP contribution in [0, 0.1) is 0 Å². The molecule has 1 aromatic rings. The normalized spacial score (nSPS) is 13.2. The second-order valence-electron chi connectivity index (χ2n) is 4.49. The first-order chi connectivity index (χ1) is 9.44. The molecule has 3 N–H and O–H groups in total. The van der Waals surface area contributed by atoms with E-state index in [0.29, 0.717) is 25.3 Å². The third-order valence-electron chi connectivity index (χ3n) is 2.86. The van der Waals surface area contributed by atoms with Gasteiger partial charge in [-0.2, -0.15) is 0 Å². The van der Waals surface area contributed by atoms with Gasteiger partial charge in [-0.25, -0.2) is 13.1 Å². The van der Waals surface area contributed by atoms with E-state index in [1.807, 2.05) is 0 Å². The zero-order valence-corrected chi connectivity index (χ0v) is 12.9. The van der Waals surface area contributed by atoms with Crippen LogP contribution in [0.2, 0.25) is 0 Å². The largest absolute Gasteiger partial charge is 0.495 e. The molecular weight excluding hydrogens is 280 g/mol. The first kappa shape index (κ1) is 16.9. The van der Waals surface area contributed by atoms with E-state index < -0.39 is 10.0 Å². The molecule has 1 unspecified atom stereocenters. The zero-order chi connectivity index (χ0) is 15.2. The van der Waals surface area contributed by atoms with Crippen LogP contribution in [0.25, 0.3) is 0 Å². The topological polar surface area (TPSA) is 90.7 Å². The van der Waals surface area contributed by atoms with Gasteiger partial charge in [0, 0.05) is 26.3 Å². The minimum atomic E-state index is -3.63. The predicted molar refractivity (Wildman–Crippen MR) is 77.2 cm³/mol. The lowest BCUT2D eigenvalue weighted by molar-refractivity contribution is 0.188. The van der Waals surface area contributed by atoms with Gasteiger partial charge in [0.1, 0.15) is 10.6 Å². The summed E-state index contributed by atoms with van der Waals surface area (Å²) in [5.41, 5.74) is 6.35. The molecule has 114 valence electrons. The number of hydrogen-bond acceptors (Lipinski definition) is 5. The molecule has 1 atom stereocenters. The number of rotatable bonds is 8. The molecule has 0 aromatic heterocycles. The van der Waals surface area contributed by atoms with Crippen molar-refractivity contribution in [1.82, 2.24) is 4.72 Å². The first-order valence-electron chi connectivity index (χ1n) is 6.32. The smallest absolute Gasteiger partial charge is 0.244 e. The van der Waals surface area contributed by atoms with Crippen molar-refractivity contribution in [3.63, 3.8) is 0 Å². The second-order valence-corrected chi connectivity index (χ2v) is 6.18. The van der Waals surface area contributed by atoms with E-state index in [4.69, 9.17) is 15.2 Å². The lowest BCUT2D eigenvalue weighted by Gasteiger charge is -2.16. The van der Waals surface area contributed by atoms with Crippen LogP contribution in [0.15, 0.2) is 23.1 Å². The minimum Gasteiger partial charge on any atom is -0.495 e. The molecule has 0 radical (unpaired) electrons.